The van der Waals surface area contributed by atoms with Crippen LogP contribution in [0.1, 0.15) is 25.7 Å². The van der Waals surface area contributed by atoms with Crippen LogP contribution in [0.3, 0.4) is 0 Å². The number of hydrogen-bond acceptors (Lipinski definition) is 1. The van der Waals surface area contributed by atoms with E-state index in [2.05, 4.69) is 6.92 Å². The molecule has 9 heavy (non-hydrogen) atoms. The Morgan fingerprint density at radius 2 is 2.22 bits per heavy atom. The van der Waals surface area contributed by atoms with E-state index >= 15 is 0 Å². The van der Waals surface area contributed by atoms with Crippen LogP contribution in [-0.4, -0.2) is 10.7 Å². The Balaban J connectivity index is 2.19. The molecule has 2 aliphatic rings. The van der Waals surface area contributed by atoms with Gasteiger partial charge >= 0.3 is 0 Å². The summed E-state index contributed by atoms with van der Waals surface area (Å²) in [5.74, 6) is 1.29. The summed E-state index contributed by atoms with van der Waals surface area (Å²) in [6.07, 6.45) is 4.23. The van der Waals surface area contributed by atoms with Gasteiger partial charge in [0.2, 0.25) is 0 Å². The molecule has 0 saturated heterocycles. The SMILES string of the molecule is [CH2]C1CC2(O)CCC1C2. The quantitative estimate of drug-likeness (QED) is 0.518. The van der Waals surface area contributed by atoms with Crippen molar-refractivity contribution in [3.05, 3.63) is 6.92 Å². The van der Waals surface area contributed by atoms with Crippen molar-refractivity contribution in [3.8, 4) is 0 Å². The lowest BCUT2D eigenvalue weighted by atomic mass is 9.89. The van der Waals surface area contributed by atoms with Crippen LogP contribution >= 0.6 is 0 Å². The van der Waals surface area contributed by atoms with Gasteiger partial charge in [0.15, 0.2) is 0 Å². The maximum Gasteiger partial charge on any atom is 0.0653 e. The van der Waals surface area contributed by atoms with Crippen molar-refractivity contribution < 1.29 is 5.11 Å². The van der Waals surface area contributed by atoms with E-state index in [1.807, 2.05) is 0 Å². The third-order valence-electron chi connectivity index (χ3n) is 2.93. The van der Waals surface area contributed by atoms with Crippen LogP contribution in [0, 0.1) is 18.8 Å². The molecule has 0 spiro atoms. The molecule has 1 nitrogen and oxygen atoms in total. The van der Waals surface area contributed by atoms with Gasteiger partial charge in [0, 0.05) is 0 Å². The first kappa shape index (κ1) is 5.72. The van der Waals surface area contributed by atoms with Crippen LogP contribution in [0.4, 0.5) is 0 Å². The van der Waals surface area contributed by atoms with Crippen molar-refractivity contribution in [1.82, 2.24) is 0 Å². The fourth-order valence-electron chi connectivity index (χ4n) is 2.39. The smallest absolute Gasteiger partial charge is 0.0653 e. The average molecular weight is 125 g/mol. The fourth-order valence-corrected chi connectivity index (χ4v) is 2.39. The minimum absolute atomic E-state index is 0.281. The highest BCUT2D eigenvalue weighted by atomic mass is 16.3. The molecule has 2 fully saturated rings. The average Bonchev–Trinajstić information content (AvgIpc) is 2.20. The number of rotatable bonds is 0. The van der Waals surface area contributed by atoms with Gasteiger partial charge in [-0.2, -0.15) is 0 Å². The molecule has 0 heterocycles. The standard InChI is InChI=1S/C8H13O/c1-6-4-8(9)3-2-7(6)5-8/h6-7,9H,1-5H2. The molecule has 3 unspecified atom stereocenters. The highest BCUT2D eigenvalue weighted by Crippen LogP contribution is 2.50. The van der Waals surface area contributed by atoms with Crippen LogP contribution in [0.2, 0.25) is 0 Å². The van der Waals surface area contributed by atoms with Crippen molar-refractivity contribution >= 4 is 0 Å². The molecule has 2 aliphatic carbocycles. The number of fused-ring (bicyclic) bond motifs is 2. The summed E-state index contributed by atoms with van der Waals surface area (Å²) < 4.78 is 0. The van der Waals surface area contributed by atoms with E-state index in [0.717, 1.165) is 25.2 Å². The van der Waals surface area contributed by atoms with Crippen molar-refractivity contribution in [2.45, 2.75) is 31.3 Å². The summed E-state index contributed by atoms with van der Waals surface area (Å²) in [5, 5.41) is 9.67. The topological polar surface area (TPSA) is 20.2 Å². The molecule has 51 valence electrons. The Morgan fingerprint density at radius 3 is 2.44 bits per heavy atom. The predicted molar refractivity (Wildman–Crippen MR) is 35.8 cm³/mol. The van der Waals surface area contributed by atoms with E-state index < -0.39 is 0 Å². The highest BCUT2D eigenvalue weighted by Gasteiger charge is 2.47. The second-order valence-electron chi connectivity index (χ2n) is 3.69. The minimum Gasteiger partial charge on any atom is -0.390 e. The summed E-state index contributed by atoms with van der Waals surface area (Å²) in [4.78, 5) is 0. The zero-order chi connectivity index (χ0) is 6.48. The first-order chi connectivity index (χ1) is 4.20. The lowest BCUT2D eigenvalue weighted by molar-refractivity contribution is 0.0463. The maximum absolute atomic E-state index is 9.67. The molecule has 1 N–H and O–H groups in total. The molecule has 0 amide bonds. The van der Waals surface area contributed by atoms with Crippen molar-refractivity contribution in [2.24, 2.45) is 11.8 Å². The number of hydrogen-bond donors (Lipinski definition) is 1. The zero-order valence-electron chi connectivity index (χ0n) is 5.64. The maximum atomic E-state index is 9.67. The van der Waals surface area contributed by atoms with Gasteiger partial charge in [0.1, 0.15) is 0 Å². The molecule has 2 saturated carbocycles. The van der Waals surface area contributed by atoms with Crippen molar-refractivity contribution in [1.29, 1.82) is 0 Å². The Kier molecular flexibility index (Phi) is 0.963. The van der Waals surface area contributed by atoms with E-state index in [4.69, 9.17) is 0 Å². The van der Waals surface area contributed by atoms with E-state index in [1.54, 1.807) is 0 Å². The molecular weight excluding hydrogens is 112 g/mol. The van der Waals surface area contributed by atoms with Crippen LogP contribution in [0.5, 0.6) is 0 Å². The van der Waals surface area contributed by atoms with Gasteiger partial charge in [-0.3, -0.25) is 0 Å². The third kappa shape index (κ3) is 0.710. The second-order valence-corrected chi connectivity index (χ2v) is 3.69. The molecule has 2 rings (SSSR count). The molecule has 0 aromatic rings. The van der Waals surface area contributed by atoms with Crippen molar-refractivity contribution in [3.63, 3.8) is 0 Å². The normalized spacial score (nSPS) is 56.7. The first-order valence-corrected chi connectivity index (χ1v) is 3.75. The summed E-state index contributed by atoms with van der Waals surface area (Å²) in [6.45, 7) is 4.01. The highest BCUT2D eigenvalue weighted by molar-refractivity contribution is 5.01. The summed E-state index contributed by atoms with van der Waals surface area (Å²) in [7, 11) is 0. The second kappa shape index (κ2) is 1.51. The fraction of sp³-hybridized carbons (Fsp3) is 0.875. The van der Waals surface area contributed by atoms with Gasteiger partial charge in [-0.25, -0.2) is 0 Å². The van der Waals surface area contributed by atoms with Crippen LogP contribution in [-0.2, 0) is 0 Å². The van der Waals surface area contributed by atoms with Gasteiger partial charge in [0.05, 0.1) is 5.60 Å². The van der Waals surface area contributed by atoms with Gasteiger partial charge in [-0.1, -0.05) is 0 Å². The molecule has 0 aliphatic heterocycles. The van der Waals surface area contributed by atoms with E-state index in [1.165, 1.54) is 6.42 Å². The number of aliphatic hydroxyl groups is 1. The van der Waals surface area contributed by atoms with Gasteiger partial charge < -0.3 is 5.11 Å². The minimum atomic E-state index is -0.281. The molecule has 2 bridgehead atoms. The summed E-state index contributed by atoms with van der Waals surface area (Å²) in [5.41, 5.74) is -0.281. The van der Waals surface area contributed by atoms with E-state index in [9.17, 15) is 5.11 Å². The Hall–Kier alpha value is -0.0400. The van der Waals surface area contributed by atoms with Crippen LogP contribution < -0.4 is 0 Å². The molecule has 1 heteroatoms. The van der Waals surface area contributed by atoms with Gasteiger partial charge in [-0.15, -0.1) is 0 Å². The summed E-state index contributed by atoms with van der Waals surface area (Å²) in [6, 6.07) is 0. The zero-order valence-corrected chi connectivity index (χ0v) is 5.64. The van der Waals surface area contributed by atoms with E-state index in [0.29, 0.717) is 5.92 Å². The molecule has 1 radical (unpaired) electrons. The molecule has 3 atom stereocenters. The van der Waals surface area contributed by atoms with Gasteiger partial charge in [-0.05, 0) is 44.4 Å². The van der Waals surface area contributed by atoms with Crippen LogP contribution in [0.15, 0.2) is 0 Å². The Labute approximate surface area is 56.1 Å². The Bertz CT molecular complexity index is 129. The Morgan fingerprint density at radius 1 is 1.44 bits per heavy atom. The van der Waals surface area contributed by atoms with Gasteiger partial charge in [0.25, 0.3) is 0 Å². The lowest BCUT2D eigenvalue weighted by Crippen LogP contribution is -2.23. The first-order valence-electron chi connectivity index (χ1n) is 3.75. The molecule has 0 aromatic carbocycles. The van der Waals surface area contributed by atoms with E-state index in [-0.39, 0.29) is 5.60 Å². The predicted octanol–water partition coefficient (Wildman–Crippen LogP) is 1.37. The van der Waals surface area contributed by atoms with Crippen LogP contribution in [0.25, 0.3) is 0 Å². The third-order valence-corrected chi connectivity index (χ3v) is 2.93. The van der Waals surface area contributed by atoms with Crippen molar-refractivity contribution in [2.75, 3.05) is 0 Å². The molecular formula is C8H13O. The summed E-state index contributed by atoms with van der Waals surface area (Å²) >= 11 is 0. The lowest BCUT2D eigenvalue weighted by Gasteiger charge is -2.22. The largest absolute Gasteiger partial charge is 0.390 e. The molecule has 0 aromatic heterocycles. The monoisotopic (exact) mass is 125 g/mol.